The molecule has 0 unspecified atom stereocenters. The molecule has 11 rings (SSSR count). The first-order chi connectivity index (χ1) is 25.3. The Hall–Kier alpha value is -6.35. The molecule has 0 aliphatic heterocycles. The van der Waals surface area contributed by atoms with Crippen molar-refractivity contribution in [2.24, 2.45) is 0 Å². The Morgan fingerprint density at radius 2 is 1.08 bits per heavy atom. The van der Waals surface area contributed by atoms with Crippen molar-refractivity contribution in [3.05, 3.63) is 146 Å². The van der Waals surface area contributed by atoms with E-state index in [-0.39, 0.29) is 0 Å². The highest BCUT2D eigenvalue weighted by Crippen LogP contribution is 2.51. The normalized spacial score (nSPS) is 11.9. The lowest BCUT2D eigenvalue weighted by atomic mass is 10.0. The lowest BCUT2D eigenvalue weighted by molar-refractivity contribution is 0.955. The highest BCUT2D eigenvalue weighted by Gasteiger charge is 2.26. The van der Waals surface area contributed by atoms with Gasteiger partial charge in [0.05, 0.1) is 15.7 Å². The molecule has 0 bridgehead atoms. The van der Waals surface area contributed by atoms with Gasteiger partial charge >= 0.3 is 0 Å². The average molecular weight is 689 g/mol. The molecule has 0 amide bonds. The zero-order valence-electron chi connectivity index (χ0n) is 26.9. The van der Waals surface area contributed by atoms with E-state index in [9.17, 15) is 0 Å². The maximum Gasteiger partial charge on any atom is 0.238 e. The van der Waals surface area contributed by atoms with Crippen molar-refractivity contribution >= 4 is 85.0 Å². The molecule has 0 radical (unpaired) electrons. The summed E-state index contributed by atoms with van der Waals surface area (Å²) < 4.78 is 5.87. The van der Waals surface area contributed by atoms with Crippen molar-refractivity contribution < 1.29 is 0 Å². The molecule has 51 heavy (non-hydrogen) atoms. The number of hydrogen-bond donors (Lipinski definition) is 0. The topological polar surface area (TPSA) is 69.4 Å². The third-order valence-electron chi connectivity index (χ3n) is 9.64. The molecule has 0 N–H and O–H groups in total. The second-order valence-electron chi connectivity index (χ2n) is 12.5. The Labute approximate surface area is 299 Å². The third kappa shape index (κ3) is 4.30. The van der Waals surface area contributed by atoms with Crippen LogP contribution in [0.2, 0.25) is 0 Å². The van der Waals surface area contributed by atoms with E-state index < -0.39 is 0 Å². The van der Waals surface area contributed by atoms with E-state index in [1.165, 1.54) is 41.2 Å². The predicted octanol–water partition coefficient (Wildman–Crippen LogP) is 11.5. The van der Waals surface area contributed by atoms with Crippen molar-refractivity contribution in [2.75, 3.05) is 0 Å². The molecule has 5 aromatic heterocycles. The van der Waals surface area contributed by atoms with Crippen LogP contribution in [0.5, 0.6) is 0 Å². The minimum atomic E-state index is 0.580. The van der Waals surface area contributed by atoms with Gasteiger partial charge in [0.1, 0.15) is 11.2 Å². The van der Waals surface area contributed by atoms with Crippen molar-refractivity contribution in [2.45, 2.75) is 0 Å². The van der Waals surface area contributed by atoms with Crippen LogP contribution in [0, 0.1) is 0 Å². The van der Waals surface area contributed by atoms with Gasteiger partial charge in [-0.05, 0) is 23.3 Å². The molecule has 8 heteroatoms. The largest absolute Gasteiger partial charge is 0.276 e. The number of fused-ring (bicyclic) bond motifs is 12. The number of rotatable bonds is 4. The van der Waals surface area contributed by atoms with Crippen LogP contribution in [0.25, 0.3) is 102 Å². The smallest absolute Gasteiger partial charge is 0.238 e. The Morgan fingerprint density at radius 3 is 1.86 bits per heavy atom. The van der Waals surface area contributed by atoms with Crippen molar-refractivity contribution in [1.82, 2.24) is 29.5 Å². The summed E-state index contributed by atoms with van der Waals surface area (Å²) in [4.78, 5) is 25.8. The summed E-state index contributed by atoms with van der Waals surface area (Å²) in [5, 5.41) is 7.06. The van der Waals surface area contributed by atoms with E-state index in [2.05, 4.69) is 119 Å². The number of thiophene rings is 2. The van der Waals surface area contributed by atoms with Gasteiger partial charge in [0.25, 0.3) is 0 Å². The first-order valence-corrected chi connectivity index (χ1v) is 18.3. The number of para-hydroxylation sites is 1. The summed E-state index contributed by atoms with van der Waals surface area (Å²) >= 11 is 3.54. The fraction of sp³-hybridized carbons (Fsp3) is 0. The quantitative estimate of drug-likeness (QED) is 0.184. The molecule has 0 saturated heterocycles. The number of nitrogens with zero attached hydrogens (tertiary/aromatic N) is 6. The molecular formula is C43H24N6S2. The van der Waals surface area contributed by atoms with E-state index in [1.54, 1.807) is 17.7 Å². The first-order valence-electron chi connectivity index (χ1n) is 16.7. The molecule has 6 nitrogen and oxygen atoms in total. The molecule has 0 atom stereocenters. The second kappa shape index (κ2) is 11.1. The van der Waals surface area contributed by atoms with Crippen molar-refractivity contribution in [3.63, 3.8) is 0 Å². The lowest BCUT2D eigenvalue weighted by Gasteiger charge is -2.12. The average Bonchev–Trinajstić information content (AvgIpc) is 3.88. The van der Waals surface area contributed by atoms with Gasteiger partial charge in [0, 0.05) is 59.0 Å². The Balaban J connectivity index is 1.27. The van der Waals surface area contributed by atoms with E-state index >= 15 is 0 Å². The fourth-order valence-corrected chi connectivity index (χ4v) is 9.80. The maximum atomic E-state index is 5.28. The molecule has 0 saturated carbocycles. The van der Waals surface area contributed by atoms with E-state index in [4.69, 9.17) is 19.9 Å². The van der Waals surface area contributed by atoms with Gasteiger partial charge < -0.3 is 0 Å². The van der Waals surface area contributed by atoms with Gasteiger partial charge in [0.15, 0.2) is 11.6 Å². The van der Waals surface area contributed by atoms with Gasteiger partial charge in [-0.3, -0.25) is 4.57 Å². The van der Waals surface area contributed by atoms with Crippen LogP contribution in [0.3, 0.4) is 0 Å². The molecule has 5 heterocycles. The number of hydrogen-bond acceptors (Lipinski definition) is 7. The fourth-order valence-electron chi connectivity index (χ4n) is 7.37. The van der Waals surface area contributed by atoms with Crippen LogP contribution in [0.4, 0.5) is 0 Å². The maximum absolute atomic E-state index is 5.28. The summed E-state index contributed by atoms with van der Waals surface area (Å²) in [5.41, 5.74) is 6.30. The van der Waals surface area contributed by atoms with Crippen LogP contribution in [0.15, 0.2) is 146 Å². The van der Waals surface area contributed by atoms with Crippen LogP contribution in [-0.2, 0) is 0 Å². The molecule has 238 valence electrons. The Kier molecular flexibility index (Phi) is 6.19. The van der Waals surface area contributed by atoms with Gasteiger partial charge in [-0.2, -0.15) is 9.97 Å². The Morgan fingerprint density at radius 1 is 0.471 bits per heavy atom. The second-order valence-corrected chi connectivity index (χ2v) is 14.6. The minimum absolute atomic E-state index is 0.580. The highest BCUT2D eigenvalue weighted by molar-refractivity contribution is 7.29. The van der Waals surface area contributed by atoms with Crippen molar-refractivity contribution in [1.29, 1.82) is 0 Å². The van der Waals surface area contributed by atoms with Crippen LogP contribution in [0.1, 0.15) is 0 Å². The van der Waals surface area contributed by atoms with Gasteiger partial charge in [-0.25, -0.2) is 15.0 Å². The summed E-state index contributed by atoms with van der Waals surface area (Å²) in [6, 6.07) is 46.3. The standard InChI is InChI=1S/C43H24N6S2/c1-3-11-25(12-4-1)26-19-21-28(22-20-26)41-46-40(27-13-5-2-6-14-27)47-43(48-41)49-32-17-9-7-15-29(32)36-37(49)39-34(30-16-8-10-18-33(30)50-39)35-31-23-44-24-45-42(31)51-38(35)36/h1-24H. The monoisotopic (exact) mass is 688 g/mol. The lowest BCUT2D eigenvalue weighted by Crippen LogP contribution is -2.06. The highest BCUT2D eigenvalue weighted by atomic mass is 32.1. The summed E-state index contributed by atoms with van der Waals surface area (Å²) in [6.07, 6.45) is 3.61. The van der Waals surface area contributed by atoms with Crippen molar-refractivity contribution in [3.8, 4) is 39.9 Å². The van der Waals surface area contributed by atoms with Crippen LogP contribution < -0.4 is 0 Å². The summed E-state index contributed by atoms with van der Waals surface area (Å²) in [7, 11) is 0. The third-order valence-corrected chi connectivity index (χ3v) is 11.9. The van der Waals surface area contributed by atoms with E-state index in [1.807, 2.05) is 41.8 Å². The van der Waals surface area contributed by atoms with Crippen LogP contribution in [-0.4, -0.2) is 29.5 Å². The molecular weight excluding hydrogens is 665 g/mol. The van der Waals surface area contributed by atoms with E-state index in [0.717, 1.165) is 43.3 Å². The summed E-state index contributed by atoms with van der Waals surface area (Å²) in [6.45, 7) is 0. The zero-order chi connectivity index (χ0) is 33.5. The van der Waals surface area contributed by atoms with Gasteiger partial charge in [-0.1, -0.05) is 121 Å². The van der Waals surface area contributed by atoms with Gasteiger partial charge in [-0.15, -0.1) is 22.7 Å². The molecule has 0 spiro atoms. The zero-order valence-corrected chi connectivity index (χ0v) is 28.5. The predicted molar refractivity (Wildman–Crippen MR) is 212 cm³/mol. The Bertz CT molecular complexity index is 3130. The molecule has 0 fully saturated rings. The SMILES string of the molecule is c1ccc(-c2ccc(-c3nc(-c4ccccc4)nc(-n4c5ccccc5c5c6sc7ncncc7c6c6c7ccccc7sc6c54)n3)cc2)cc1. The van der Waals surface area contributed by atoms with Crippen LogP contribution >= 0.6 is 22.7 Å². The number of benzene rings is 6. The summed E-state index contributed by atoms with van der Waals surface area (Å²) in [5.74, 6) is 1.82. The molecule has 6 aromatic carbocycles. The first kappa shape index (κ1) is 28.5. The molecule has 0 aliphatic rings. The minimum Gasteiger partial charge on any atom is -0.276 e. The van der Waals surface area contributed by atoms with E-state index in [0.29, 0.717) is 17.6 Å². The van der Waals surface area contributed by atoms with Gasteiger partial charge in [0.2, 0.25) is 5.95 Å². The number of aromatic nitrogens is 6. The molecule has 11 aromatic rings. The molecule has 0 aliphatic carbocycles.